The molecule has 0 spiro atoms. The van der Waals surface area contributed by atoms with Gasteiger partial charge in [0.15, 0.2) is 0 Å². The normalized spacial score (nSPS) is 24.4. The van der Waals surface area contributed by atoms with Crippen LogP contribution in [-0.2, 0) is 28.5 Å². The van der Waals surface area contributed by atoms with Crippen LogP contribution in [0.25, 0.3) is 0 Å². The lowest BCUT2D eigenvalue weighted by Gasteiger charge is -2.11. The van der Waals surface area contributed by atoms with Crippen molar-refractivity contribution in [3.63, 3.8) is 0 Å². The maximum absolute atomic E-state index is 11.5. The summed E-state index contributed by atoms with van der Waals surface area (Å²) in [7, 11) is 0. The summed E-state index contributed by atoms with van der Waals surface area (Å²) in [6, 6.07) is 0. The van der Waals surface area contributed by atoms with Crippen LogP contribution in [0.4, 0.5) is 0 Å². The zero-order chi connectivity index (χ0) is 15.6. The summed E-state index contributed by atoms with van der Waals surface area (Å²) >= 11 is 0. The molecule has 0 aromatic rings. The van der Waals surface area contributed by atoms with Gasteiger partial charge in [-0.05, 0) is 38.5 Å². The number of unbranched alkanes of at least 4 members (excludes halogenated alkanes) is 1. The van der Waals surface area contributed by atoms with E-state index in [1.807, 2.05) is 0 Å². The zero-order valence-electron chi connectivity index (χ0n) is 13.1. The van der Waals surface area contributed by atoms with Crippen molar-refractivity contribution in [2.45, 2.75) is 63.6 Å². The smallest absolute Gasteiger partial charge is 0.305 e. The second kappa shape index (κ2) is 9.79. The third kappa shape index (κ3) is 6.75. The number of carbonyl (C=O) groups is 2. The van der Waals surface area contributed by atoms with Crippen LogP contribution in [0, 0.1) is 0 Å². The average molecular weight is 314 g/mol. The highest BCUT2D eigenvalue weighted by atomic mass is 16.6. The summed E-state index contributed by atoms with van der Waals surface area (Å²) in [5.41, 5.74) is 0. The number of carbonyl (C=O) groups excluding carboxylic acids is 2. The van der Waals surface area contributed by atoms with Crippen molar-refractivity contribution in [1.82, 2.24) is 0 Å². The molecule has 22 heavy (non-hydrogen) atoms. The van der Waals surface area contributed by atoms with E-state index in [0.717, 1.165) is 38.9 Å². The van der Waals surface area contributed by atoms with E-state index in [1.54, 1.807) is 0 Å². The summed E-state index contributed by atoms with van der Waals surface area (Å²) in [5, 5.41) is 0. The zero-order valence-corrected chi connectivity index (χ0v) is 13.1. The number of rotatable bonds is 9. The van der Waals surface area contributed by atoms with Gasteiger partial charge in [0.05, 0.1) is 12.2 Å². The molecule has 0 aromatic heterocycles. The summed E-state index contributed by atoms with van der Waals surface area (Å²) in [4.78, 5) is 23.1. The minimum Gasteiger partial charge on any atom is -0.463 e. The lowest BCUT2D eigenvalue weighted by Crippen LogP contribution is -2.18. The molecule has 2 aliphatic heterocycles. The van der Waals surface area contributed by atoms with E-state index >= 15 is 0 Å². The van der Waals surface area contributed by atoms with Crippen molar-refractivity contribution >= 4 is 11.9 Å². The Balaban J connectivity index is 1.42. The first-order valence-electron chi connectivity index (χ1n) is 8.28. The SMILES string of the molecule is O=C(CCCCC(=O)OCC1CCCO1)OCC1CCCO1. The van der Waals surface area contributed by atoms with Gasteiger partial charge in [-0.25, -0.2) is 0 Å². The quantitative estimate of drug-likeness (QED) is 0.479. The number of hydrogen-bond acceptors (Lipinski definition) is 6. The van der Waals surface area contributed by atoms with Gasteiger partial charge in [-0.1, -0.05) is 0 Å². The molecule has 0 aliphatic carbocycles. The van der Waals surface area contributed by atoms with Gasteiger partial charge in [0.25, 0.3) is 0 Å². The monoisotopic (exact) mass is 314 g/mol. The van der Waals surface area contributed by atoms with Crippen molar-refractivity contribution in [1.29, 1.82) is 0 Å². The van der Waals surface area contributed by atoms with Crippen molar-refractivity contribution in [2.75, 3.05) is 26.4 Å². The van der Waals surface area contributed by atoms with E-state index in [4.69, 9.17) is 18.9 Å². The topological polar surface area (TPSA) is 71.1 Å². The maximum atomic E-state index is 11.5. The van der Waals surface area contributed by atoms with Crippen LogP contribution in [0.2, 0.25) is 0 Å². The number of esters is 2. The second-order valence-electron chi connectivity index (χ2n) is 5.84. The fourth-order valence-corrected chi connectivity index (χ4v) is 2.61. The van der Waals surface area contributed by atoms with Crippen LogP contribution in [0.1, 0.15) is 51.4 Å². The van der Waals surface area contributed by atoms with E-state index in [0.29, 0.717) is 38.9 Å². The standard InChI is InChI=1S/C16H26O6/c17-15(21-11-13-5-3-9-19-13)7-1-2-8-16(18)22-12-14-6-4-10-20-14/h13-14H,1-12H2. The first-order chi connectivity index (χ1) is 10.7. The Kier molecular flexibility index (Phi) is 7.66. The molecule has 126 valence electrons. The highest BCUT2D eigenvalue weighted by Crippen LogP contribution is 2.14. The molecule has 0 radical (unpaired) electrons. The predicted molar refractivity (Wildman–Crippen MR) is 78.3 cm³/mol. The van der Waals surface area contributed by atoms with Crippen LogP contribution in [0.3, 0.4) is 0 Å². The van der Waals surface area contributed by atoms with Crippen molar-refractivity contribution < 1.29 is 28.5 Å². The molecule has 2 rings (SSSR count). The molecule has 2 heterocycles. The number of hydrogen-bond donors (Lipinski definition) is 0. The predicted octanol–water partition coefficient (Wildman–Crippen LogP) is 1.99. The molecular formula is C16H26O6. The Morgan fingerprint density at radius 3 is 1.64 bits per heavy atom. The van der Waals surface area contributed by atoms with E-state index < -0.39 is 0 Å². The largest absolute Gasteiger partial charge is 0.463 e. The summed E-state index contributed by atoms with van der Waals surface area (Å²) in [6.07, 6.45) is 6.09. The first-order valence-corrected chi connectivity index (χ1v) is 8.28. The molecule has 2 unspecified atom stereocenters. The van der Waals surface area contributed by atoms with E-state index in [2.05, 4.69) is 0 Å². The van der Waals surface area contributed by atoms with E-state index in [1.165, 1.54) is 0 Å². The van der Waals surface area contributed by atoms with Crippen molar-refractivity contribution in [3.05, 3.63) is 0 Å². The molecule has 0 N–H and O–H groups in total. The van der Waals surface area contributed by atoms with Gasteiger partial charge in [-0.15, -0.1) is 0 Å². The molecule has 2 saturated heterocycles. The van der Waals surface area contributed by atoms with Crippen LogP contribution in [-0.4, -0.2) is 50.6 Å². The first kappa shape index (κ1) is 17.2. The Morgan fingerprint density at radius 1 is 0.818 bits per heavy atom. The molecule has 0 amide bonds. The Morgan fingerprint density at radius 2 is 1.27 bits per heavy atom. The lowest BCUT2D eigenvalue weighted by molar-refractivity contribution is -0.149. The average Bonchev–Trinajstić information content (AvgIpc) is 3.20. The van der Waals surface area contributed by atoms with E-state index in [9.17, 15) is 9.59 Å². The van der Waals surface area contributed by atoms with Gasteiger partial charge in [0, 0.05) is 26.1 Å². The van der Waals surface area contributed by atoms with E-state index in [-0.39, 0.29) is 24.1 Å². The molecule has 2 aliphatic rings. The van der Waals surface area contributed by atoms with Crippen LogP contribution >= 0.6 is 0 Å². The van der Waals surface area contributed by atoms with Crippen LogP contribution < -0.4 is 0 Å². The molecule has 6 heteroatoms. The van der Waals surface area contributed by atoms with Crippen molar-refractivity contribution in [3.8, 4) is 0 Å². The number of ether oxygens (including phenoxy) is 4. The minimum absolute atomic E-state index is 0.0664. The van der Waals surface area contributed by atoms with Crippen molar-refractivity contribution in [2.24, 2.45) is 0 Å². The van der Waals surface area contributed by atoms with Gasteiger partial charge in [-0.3, -0.25) is 9.59 Å². The fourth-order valence-electron chi connectivity index (χ4n) is 2.61. The third-order valence-electron chi connectivity index (χ3n) is 3.92. The maximum Gasteiger partial charge on any atom is 0.305 e. The molecule has 6 nitrogen and oxygen atoms in total. The third-order valence-corrected chi connectivity index (χ3v) is 3.92. The van der Waals surface area contributed by atoms with Gasteiger partial charge in [0.2, 0.25) is 0 Å². The molecule has 0 bridgehead atoms. The van der Waals surface area contributed by atoms with Crippen LogP contribution in [0.15, 0.2) is 0 Å². The highest BCUT2D eigenvalue weighted by molar-refractivity contribution is 5.70. The Bertz CT molecular complexity index is 311. The fraction of sp³-hybridized carbons (Fsp3) is 0.875. The molecular weight excluding hydrogens is 288 g/mol. The van der Waals surface area contributed by atoms with Gasteiger partial charge in [-0.2, -0.15) is 0 Å². The summed E-state index contributed by atoms with van der Waals surface area (Å²) in [5.74, 6) is -0.438. The van der Waals surface area contributed by atoms with Gasteiger partial charge in [0.1, 0.15) is 13.2 Å². The lowest BCUT2D eigenvalue weighted by atomic mass is 10.2. The molecule has 2 atom stereocenters. The van der Waals surface area contributed by atoms with Gasteiger partial charge < -0.3 is 18.9 Å². The van der Waals surface area contributed by atoms with Crippen LogP contribution in [0.5, 0.6) is 0 Å². The highest BCUT2D eigenvalue weighted by Gasteiger charge is 2.18. The molecule has 2 fully saturated rings. The minimum atomic E-state index is -0.219. The molecule has 0 aromatic carbocycles. The second-order valence-corrected chi connectivity index (χ2v) is 5.84. The summed E-state index contributed by atoms with van der Waals surface area (Å²) < 4.78 is 21.1. The summed E-state index contributed by atoms with van der Waals surface area (Å²) in [6.45, 7) is 2.22. The Labute approximate surface area is 131 Å². The Hall–Kier alpha value is -1.14. The molecule has 0 saturated carbocycles. The van der Waals surface area contributed by atoms with Gasteiger partial charge >= 0.3 is 11.9 Å².